The first-order valence-corrected chi connectivity index (χ1v) is 8.97. The van der Waals surface area contributed by atoms with Gasteiger partial charge < -0.3 is 4.65 Å². The summed E-state index contributed by atoms with van der Waals surface area (Å²) in [6, 6.07) is 0. The minimum Gasteiger partial charge on any atom is -0.426 e. The summed E-state index contributed by atoms with van der Waals surface area (Å²) >= 11 is 0. The molecule has 0 aromatic carbocycles. The third kappa shape index (κ3) is 6.18. The van der Waals surface area contributed by atoms with Crippen molar-refractivity contribution in [3.8, 4) is 0 Å². The lowest BCUT2D eigenvalue weighted by molar-refractivity contribution is 0.0291. The molecule has 1 unspecified atom stereocenters. The highest BCUT2D eigenvalue weighted by atomic mass is 16.5. The van der Waals surface area contributed by atoms with Crippen molar-refractivity contribution in [2.45, 2.75) is 101 Å². The van der Waals surface area contributed by atoms with E-state index in [9.17, 15) is 0 Å². The molecule has 0 aliphatic carbocycles. The first kappa shape index (κ1) is 25.7. The minimum atomic E-state index is -0.0606. The molecule has 1 heterocycles. The van der Waals surface area contributed by atoms with E-state index in [0.717, 1.165) is 0 Å². The maximum absolute atomic E-state index is 6.20. The maximum Gasteiger partial charge on any atom is 0.326 e. The summed E-state index contributed by atoms with van der Waals surface area (Å²) in [6.45, 7) is 32.1. The van der Waals surface area contributed by atoms with Gasteiger partial charge in [0.05, 0.1) is 5.60 Å². The summed E-state index contributed by atoms with van der Waals surface area (Å²) < 4.78 is 6.20. The highest BCUT2D eigenvalue weighted by Gasteiger charge is 2.55. The highest BCUT2D eigenvalue weighted by molar-refractivity contribution is 6.63. The van der Waals surface area contributed by atoms with Crippen LogP contribution in [0.2, 0.25) is 5.82 Å². The van der Waals surface area contributed by atoms with Crippen LogP contribution in [0.5, 0.6) is 0 Å². The monoisotopic (exact) mass is 298 g/mol. The largest absolute Gasteiger partial charge is 0.426 e. The third-order valence-corrected chi connectivity index (χ3v) is 4.67. The van der Waals surface area contributed by atoms with E-state index < -0.39 is 0 Å². The van der Waals surface area contributed by atoms with Gasteiger partial charge in [0.2, 0.25) is 0 Å². The number of hydrogen-bond acceptors (Lipinski definition) is 1. The van der Waals surface area contributed by atoms with E-state index in [-0.39, 0.29) is 17.9 Å². The molecule has 1 atom stereocenters. The molecule has 0 bridgehead atoms. The van der Waals surface area contributed by atoms with Gasteiger partial charge in [0.1, 0.15) is 0 Å². The van der Waals surface area contributed by atoms with Crippen LogP contribution in [0.3, 0.4) is 0 Å². The third-order valence-electron chi connectivity index (χ3n) is 4.67. The fraction of sp³-hybridized carbons (Fsp3) is 0.895. The average Bonchev–Trinajstić information content (AvgIpc) is 2.64. The van der Waals surface area contributed by atoms with Gasteiger partial charge in [0.25, 0.3) is 0 Å². The Bertz CT molecular complexity index is 267. The van der Waals surface area contributed by atoms with Crippen LogP contribution < -0.4 is 0 Å². The summed E-state index contributed by atoms with van der Waals surface area (Å²) in [7, 11) is 0. The highest BCUT2D eigenvalue weighted by Crippen LogP contribution is 2.53. The van der Waals surface area contributed by atoms with Gasteiger partial charge in [-0.15, -0.1) is 6.58 Å². The Balaban J connectivity index is -0.000000478. The Labute approximate surface area is 137 Å². The molecule has 1 aliphatic rings. The van der Waals surface area contributed by atoms with Crippen molar-refractivity contribution in [2.75, 3.05) is 0 Å². The Morgan fingerprint density at radius 1 is 0.952 bits per heavy atom. The van der Waals surface area contributed by atoms with Gasteiger partial charge in [-0.1, -0.05) is 81.6 Å². The molecule has 0 amide bonds. The van der Waals surface area contributed by atoms with E-state index in [1.807, 2.05) is 41.5 Å². The fourth-order valence-corrected chi connectivity index (χ4v) is 2.22. The van der Waals surface area contributed by atoms with E-state index in [2.05, 4.69) is 55.0 Å². The van der Waals surface area contributed by atoms with Crippen molar-refractivity contribution < 1.29 is 4.65 Å². The van der Waals surface area contributed by atoms with Crippen LogP contribution >= 0.6 is 0 Å². The predicted octanol–water partition coefficient (Wildman–Crippen LogP) is 7.03. The Kier molecular flexibility index (Phi) is 13.9. The van der Waals surface area contributed by atoms with Crippen LogP contribution in [0, 0.1) is 11.3 Å². The quantitative estimate of drug-likeness (QED) is 0.497. The standard InChI is InChI=1S/C13H25BO.3C2H6/c1-9(2)10(3)14-11(4)12(5,6)13(7,8)15-14;3*1-2/h9,11H,3H2,1-2,4-8H3;3*1-2H3. The molecule has 128 valence electrons. The van der Waals surface area contributed by atoms with Crippen molar-refractivity contribution in [3.05, 3.63) is 12.1 Å². The van der Waals surface area contributed by atoms with Crippen LogP contribution in [0.1, 0.15) is 90.0 Å². The molecule has 0 aromatic heterocycles. The molecule has 1 aliphatic heterocycles. The molecule has 1 fully saturated rings. The molecule has 0 saturated carbocycles. The van der Waals surface area contributed by atoms with E-state index in [0.29, 0.717) is 11.7 Å². The molecule has 2 heteroatoms. The molecule has 1 saturated heterocycles. The molecule has 1 nitrogen and oxygen atoms in total. The normalized spacial score (nSPS) is 21.2. The van der Waals surface area contributed by atoms with Crippen LogP contribution in [-0.2, 0) is 4.65 Å². The molecule has 0 radical (unpaired) electrons. The zero-order valence-corrected chi connectivity index (χ0v) is 17.3. The lowest BCUT2D eigenvalue weighted by atomic mass is 9.45. The van der Waals surface area contributed by atoms with E-state index in [4.69, 9.17) is 4.65 Å². The molecule has 0 spiro atoms. The van der Waals surface area contributed by atoms with Crippen molar-refractivity contribution in [1.82, 2.24) is 0 Å². The van der Waals surface area contributed by atoms with Gasteiger partial charge in [-0.25, -0.2) is 0 Å². The summed E-state index contributed by atoms with van der Waals surface area (Å²) in [5.41, 5.74) is 1.38. The Morgan fingerprint density at radius 3 is 1.48 bits per heavy atom. The van der Waals surface area contributed by atoms with Crippen LogP contribution in [0.25, 0.3) is 0 Å². The molecule has 1 rings (SSSR count). The van der Waals surface area contributed by atoms with Gasteiger partial charge in [-0.05, 0) is 31.0 Å². The lowest BCUT2D eigenvalue weighted by Gasteiger charge is -2.36. The maximum atomic E-state index is 6.20. The Hall–Kier alpha value is -0.235. The van der Waals surface area contributed by atoms with Gasteiger partial charge >= 0.3 is 6.92 Å². The van der Waals surface area contributed by atoms with Gasteiger partial charge in [0, 0.05) is 0 Å². The summed E-state index contributed by atoms with van der Waals surface area (Å²) in [5.74, 6) is 1.03. The topological polar surface area (TPSA) is 9.23 Å². The second-order valence-electron chi connectivity index (χ2n) is 6.29. The van der Waals surface area contributed by atoms with Gasteiger partial charge in [0.15, 0.2) is 0 Å². The zero-order chi connectivity index (χ0) is 18.0. The van der Waals surface area contributed by atoms with Crippen molar-refractivity contribution in [2.24, 2.45) is 11.3 Å². The average molecular weight is 298 g/mol. The molecule has 0 aromatic rings. The second kappa shape index (κ2) is 11.3. The summed E-state index contributed by atoms with van der Waals surface area (Å²) in [6.07, 6.45) is 0. The predicted molar refractivity (Wildman–Crippen MR) is 102 cm³/mol. The zero-order valence-electron chi connectivity index (χ0n) is 17.3. The minimum absolute atomic E-state index is 0.0606. The first-order chi connectivity index (χ1) is 9.61. The summed E-state index contributed by atoms with van der Waals surface area (Å²) in [4.78, 5) is 0. The van der Waals surface area contributed by atoms with Crippen LogP contribution in [0.4, 0.5) is 0 Å². The number of rotatable bonds is 2. The van der Waals surface area contributed by atoms with E-state index in [1.165, 1.54) is 5.47 Å². The van der Waals surface area contributed by atoms with Gasteiger partial charge in [-0.2, -0.15) is 0 Å². The van der Waals surface area contributed by atoms with Gasteiger partial charge in [-0.3, -0.25) is 0 Å². The lowest BCUT2D eigenvalue weighted by Crippen LogP contribution is -2.35. The van der Waals surface area contributed by atoms with Crippen molar-refractivity contribution in [1.29, 1.82) is 0 Å². The fourth-order valence-electron chi connectivity index (χ4n) is 2.22. The Morgan fingerprint density at radius 2 is 1.29 bits per heavy atom. The number of hydrogen-bond donors (Lipinski definition) is 0. The summed E-state index contributed by atoms with van der Waals surface area (Å²) in [5, 5.41) is 0. The molecular weight excluding hydrogens is 255 g/mol. The van der Waals surface area contributed by atoms with Crippen LogP contribution in [-0.4, -0.2) is 12.5 Å². The smallest absolute Gasteiger partial charge is 0.326 e. The second-order valence-corrected chi connectivity index (χ2v) is 6.29. The molecule has 0 N–H and O–H groups in total. The van der Waals surface area contributed by atoms with Crippen molar-refractivity contribution in [3.63, 3.8) is 0 Å². The molecule has 21 heavy (non-hydrogen) atoms. The van der Waals surface area contributed by atoms with E-state index >= 15 is 0 Å². The van der Waals surface area contributed by atoms with Crippen LogP contribution in [0.15, 0.2) is 12.1 Å². The van der Waals surface area contributed by atoms with E-state index in [1.54, 1.807) is 0 Å². The number of allylic oxidation sites excluding steroid dienone is 1. The SMILES string of the molecule is C=C(B1OC(C)(C)C(C)(C)C1C)C(C)C.CC.CC.CC. The molecular formula is C19H43BO. The van der Waals surface area contributed by atoms with Crippen molar-refractivity contribution >= 4 is 6.92 Å². The first-order valence-electron chi connectivity index (χ1n) is 8.97.